The van der Waals surface area contributed by atoms with Gasteiger partial charge in [-0.25, -0.2) is 8.42 Å². The third-order valence-electron chi connectivity index (χ3n) is 7.33. The van der Waals surface area contributed by atoms with Gasteiger partial charge in [0.2, 0.25) is 10.0 Å². The van der Waals surface area contributed by atoms with Crippen LogP contribution in [0.15, 0.2) is 93.1 Å². The number of rotatable bonds is 8. The maximum absolute atomic E-state index is 13.9. The van der Waals surface area contributed by atoms with Crippen molar-refractivity contribution in [2.45, 2.75) is 35.7 Å². The van der Waals surface area contributed by atoms with Crippen LogP contribution in [0.3, 0.4) is 0 Å². The van der Waals surface area contributed by atoms with Gasteiger partial charge in [-0.05, 0) is 74.8 Å². The lowest BCUT2D eigenvalue weighted by Gasteiger charge is -2.33. The summed E-state index contributed by atoms with van der Waals surface area (Å²) in [6.45, 7) is 4.32. The summed E-state index contributed by atoms with van der Waals surface area (Å²) in [6.07, 6.45) is 1.26. The quantitative estimate of drug-likeness (QED) is 0.294. The minimum atomic E-state index is -4.05. The Balaban J connectivity index is 1.61. The molecule has 2 fully saturated rings. The van der Waals surface area contributed by atoms with Crippen molar-refractivity contribution in [3.8, 4) is 5.75 Å². The molecule has 2 aliphatic heterocycles. The van der Waals surface area contributed by atoms with Crippen LogP contribution in [-0.2, 0) is 20.0 Å². The molecule has 3 aromatic carbocycles. The highest BCUT2D eigenvalue weighted by Gasteiger charge is 2.43. The Hall–Kier alpha value is -3.25. The molecule has 0 amide bonds. The predicted molar refractivity (Wildman–Crippen MR) is 154 cm³/mol. The fourth-order valence-corrected chi connectivity index (χ4v) is 7.81. The molecule has 1 atom stereocenters. The van der Waals surface area contributed by atoms with E-state index >= 15 is 0 Å². The molecule has 11 heteroatoms. The van der Waals surface area contributed by atoms with E-state index < -0.39 is 26.2 Å². The SMILES string of the molecule is COc1ccc(C2N(/C(CN3CCCC3)=N/S(=O)(=O)c3ccc(C)cc3)CCN2S(=O)(=O)c2ccccc2)cc1. The number of aryl methyl sites for hydroxylation is 1. The van der Waals surface area contributed by atoms with Gasteiger partial charge in [0.25, 0.3) is 10.0 Å². The molecule has 2 aliphatic rings. The summed E-state index contributed by atoms with van der Waals surface area (Å²) in [6, 6.07) is 22.1. The minimum absolute atomic E-state index is 0.103. The summed E-state index contributed by atoms with van der Waals surface area (Å²) in [5, 5.41) is 0. The molecule has 5 rings (SSSR count). The standard InChI is InChI=1S/C29H34N4O5S2/c1-23-10-16-26(17-11-23)39(34,35)30-28(22-31-18-6-7-19-31)32-20-21-33(40(36,37)27-8-4-3-5-9-27)29(32)24-12-14-25(38-2)15-13-24/h3-5,8-17,29H,6-7,18-22H2,1-2H3/b30-28+. The van der Waals surface area contributed by atoms with Gasteiger partial charge in [0.15, 0.2) is 0 Å². The second kappa shape index (κ2) is 11.7. The first-order valence-electron chi connectivity index (χ1n) is 13.3. The first kappa shape index (κ1) is 28.3. The molecule has 40 heavy (non-hydrogen) atoms. The van der Waals surface area contributed by atoms with Crippen LogP contribution in [0.4, 0.5) is 0 Å². The van der Waals surface area contributed by atoms with Gasteiger partial charge in [0.1, 0.15) is 17.8 Å². The number of hydrogen-bond acceptors (Lipinski definition) is 6. The van der Waals surface area contributed by atoms with E-state index in [1.54, 1.807) is 73.8 Å². The summed E-state index contributed by atoms with van der Waals surface area (Å²) in [4.78, 5) is 4.28. The van der Waals surface area contributed by atoms with Gasteiger partial charge in [0.05, 0.1) is 23.4 Å². The Morgan fingerprint density at radius 1 is 0.825 bits per heavy atom. The van der Waals surface area contributed by atoms with E-state index in [1.165, 1.54) is 4.31 Å². The second-order valence-electron chi connectivity index (χ2n) is 10.0. The Morgan fingerprint density at radius 3 is 2.10 bits per heavy atom. The van der Waals surface area contributed by atoms with Crippen molar-refractivity contribution < 1.29 is 21.6 Å². The summed E-state index contributed by atoms with van der Waals surface area (Å²) in [5.41, 5.74) is 1.64. The number of likely N-dealkylation sites (tertiary alicyclic amines) is 1. The molecule has 0 radical (unpaired) electrons. The van der Waals surface area contributed by atoms with Gasteiger partial charge in [-0.3, -0.25) is 4.90 Å². The van der Waals surface area contributed by atoms with E-state index in [0.29, 0.717) is 30.2 Å². The first-order valence-corrected chi connectivity index (χ1v) is 16.2. The van der Waals surface area contributed by atoms with Crippen LogP contribution >= 0.6 is 0 Å². The Kier molecular flexibility index (Phi) is 8.27. The fraction of sp³-hybridized carbons (Fsp3) is 0.345. The summed E-state index contributed by atoms with van der Waals surface area (Å²) < 4.78 is 66.0. The van der Waals surface area contributed by atoms with Crippen LogP contribution in [-0.4, -0.2) is 76.6 Å². The molecule has 2 saturated heterocycles. The fourth-order valence-electron chi connectivity index (χ4n) is 5.19. The number of ether oxygens (including phenoxy) is 1. The van der Waals surface area contributed by atoms with E-state index in [0.717, 1.165) is 31.5 Å². The maximum Gasteiger partial charge on any atom is 0.283 e. The highest BCUT2D eigenvalue weighted by molar-refractivity contribution is 7.90. The van der Waals surface area contributed by atoms with Gasteiger partial charge < -0.3 is 9.64 Å². The normalized spacial score (nSPS) is 19.3. The van der Waals surface area contributed by atoms with Crippen molar-refractivity contribution >= 4 is 25.9 Å². The number of hydrogen-bond donors (Lipinski definition) is 0. The molecule has 0 N–H and O–H groups in total. The lowest BCUT2D eigenvalue weighted by Crippen LogP contribution is -2.42. The van der Waals surface area contributed by atoms with Crippen LogP contribution in [0, 0.1) is 6.92 Å². The Labute approximate surface area is 236 Å². The molecule has 0 aliphatic carbocycles. The third-order valence-corrected chi connectivity index (χ3v) is 10.5. The molecule has 3 aromatic rings. The van der Waals surface area contributed by atoms with Gasteiger partial charge in [-0.15, -0.1) is 4.40 Å². The van der Waals surface area contributed by atoms with Crippen molar-refractivity contribution in [3.05, 3.63) is 90.0 Å². The smallest absolute Gasteiger partial charge is 0.283 e. The van der Waals surface area contributed by atoms with Crippen LogP contribution in [0.1, 0.15) is 30.1 Å². The zero-order chi connectivity index (χ0) is 28.3. The number of amidine groups is 1. The summed E-state index contributed by atoms with van der Waals surface area (Å²) >= 11 is 0. The van der Waals surface area contributed by atoms with E-state index in [9.17, 15) is 16.8 Å². The van der Waals surface area contributed by atoms with E-state index in [2.05, 4.69) is 9.30 Å². The molecule has 0 aromatic heterocycles. The number of methoxy groups -OCH3 is 1. The predicted octanol–water partition coefficient (Wildman–Crippen LogP) is 3.89. The minimum Gasteiger partial charge on any atom is -0.497 e. The van der Waals surface area contributed by atoms with E-state index in [4.69, 9.17) is 4.74 Å². The molecular weight excluding hydrogens is 548 g/mol. The molecule has 0 spiro atoms. The molecule has 212 valence electrons. The van der Waals surface area contributed by atoms with Crippen molar-refractivity contribution in [2.75, 3.05) is 39.8 Å². The second-order valence-corrected chi connectivity index (χ2v) is 13.5. The Morgan fingerprint density at radius 2 is 1.48 bits per heavy atom. The van der Waals surface area contributed by atoms with Crippen molar-refractivity contribution in [3.63, 3.8) is 0 Å². The average molecular weight is 583 g/mol. The van der Waals surface area contributed by atoms with Gasteiger partial charge in [-0.1, -0.05) is 48.0 Å². The molecule has 2 heterocycles. The average Bonchev–Trinajstić information content (AvgIpc) is 3.64. The highest BCUT2D eigenvalue weighted by atomic mass is 32.2. The molecule has 9 nitrogen and oxygen atoms in total. The number of benzene rings is 3. The van der Waals surface area contributed by atoms with E-state index in [-0.39, 0.29) is 16.3 Å². The van der Waals surface area contributed by atoms with Crippen LogP contribution in [0.5, 0.6) is 5.75 Å². The van der Waals surface area contributed by atoms with Crippen molar-refractivity contribution in [1.29, 1.82) is 0 Å². The van der Waals surface area contributed by atoms with Crippen LogP contribution in [0.25, 0.3) is 0 Å². The highest BCUT2D eigenvalue weighted by Crippen LogP contribution is 2.36. The topological polar surface area (TPSA) is 99.6 Å². The van der Waals surface area contributed by atoms with Gasteiger partial charge in [0, 0.05) is 13.1 Å². The molecular formula is C29H34N4O5S2. The zero-order valence-electron chi connectivity index (χ0n) is 22.7. The molecule has 0 bridgehead atoms. The number of sulfonamides is 2. The monoisotopic (exact) mass is 582 g/mol. The summed E-state index contributed by atoms with van der Waals surface area (Å²) in [7, 11) is -6.38. The van der Waals surface area contributed by atoms with Gasteiger partial charge in [-0.2, -0.15) is 12.7 Å². The van der Waals surface area contributed by atoms with Crippen LogP contribution < -0.4 is 4.74 Å². The lowest BCUT2D eigenvalue weighted by molar-refractivity contribution is 0.271. The van der Waals surface area contributed by atoms with Crippen LogP contribution in [0.2, 0.25) is 0 Å². The lowest BCUT2D eigenvalue weighted by atomic mass is 10.1. The molecule has 0 saturated carbocycles. The first-order chi connectivity index (χ1) is 19.2. The zero-order valence-corrected chi connectivity index (χ0v) is 24.3. The Bertz CT molecular complexity index is 1550. The van der Waals surface area contributed by atoms with E-state index in [1.807, 2.05) is 24.0 Å². The van der Waals surface area contributed by atoms with Crippen molar-refractivity contribution in [2.24, 2.45) is 4.40 Å². The maximum atomic E-state index is 13.9. The third kappa shape index (κ3) is 5.92. The summed E-state index contributed by atoms with van der Waals surface area (Å²) in [5.74, 6) is 0.965. The van der Waals surface area contributed by atoms with Crippen molar-refractivity contribution in [1.82, 2.24) is 14.1 Å². The van der Waals surface area contributed by atoms with Gasteiger partial charge >= 0.3 is 0 Å². The molecule has 1 unspecified atom stereocenters. The largest absolute Gasteiger partial charge is 0.497 e. The number of nitrogens with zero attached hydrogens (tertiary/aromatic N) is 4.